The van der Waals surface area contributed by atoms with E-state index in [1.54, 1.807) is 19.2 Å². The van der Waals surface area contributed by atoms with Crippen LogP contribution in [0.2, 0.25) is 0 Å². The van der Waals surface area contributed by atoms with Crippen molar-refractivity contribution in [2.75, 3.05) is 19.8 Å². The smallest absolute Gasteiger partial charge is 0.222 e. The summed E-state index contributed by atoms with van der Waals surface area (Å²) in [5.74, 6) is 0.810. The number of quaternary nitrogens is 1. The van der Waals surface area contributed by atoms with E-state index in [2.05, 4.69) is 11.9 Å². The first-order chi connectivity index (χ1) is 25.7. The number of allylic oxidation sites excluding steroid dienone is 2. The highest BCUT2D eigenvalue weighted by molar-refractivity contribution is 6.07. The topological polar surface area (TPSA) is 216 Å². The van der Waals surface area contributed by atoms with Crippen molar-refractivity contribution >= 4 is 33.1 Å². The molecule has 7 rings (SSSR count). The summed E-state index contributed by atoms with van der Waals surface area (Å²) < 4.78 is 13.0. The van der Waals surface area contributed by atoms with E-state index in [0.717, 1.165) is 28.3 Å². The average Bonchev–Trinajstić information content (AvgIpc) is 3.73. The highest BCUT2D eigenvalue weighted by Crippen LogP contribution is 2.43. The number of hydrogen-bond donors (Lipinski definition) is 8. The molecule has 0 fully saturated rings. The van der Waals surface area contributed by atoms with Crippen LogP contribution in [-0.2, 0) is 22.6 Å². The van der Waals surface area contributed by atoms with Crippen molar-refractivity contribution in [1.82, 2.24) is 0 Å². The Kier molecular flexibility index (Phi) is 9.91. The molecule has 3 aliphatic heterocycles. The van der Waals surface area contributed by atoms with E-state index in [0.29, 0.717) is 56.6 Å². The molecule has 0 saturated carbocycles. The maximum absolute atomic E-state index is 13.4. The summed E-state index contributed by atoms with van der Waals surface area (Å²) >= 11 is 0. The molecule has 0 amide bonds. The molecule has 0 bridgehead atoms. The number of aromatic hydroxyl groups is 2. The molecule has 54 heavy (non-hydrogen) atoms. The van der Waals surface area contributed by atoms with Crippen LogP contribution in [0.4, 0.5) is 5.69 Å². The van der Waals surface area contributed by atoms with Crippen molar-refractivity contribution in [1.29, 1.82) is 0 Å². The molecule has 286 valence electrons. The zero-order chi connectivity index (χ0) is 38.7. The third-order valence-corrected chi connectivity index (χ3v) is 10.7. The minimum absolute atomic E-state index is 0.0841. The van der Waals surface area contributed by atoms with Gasteiger partial charge >= 0.3 is 0 Å². The Morgan fingerprint density at radius 1 is 1.07 bits per heavy atom. The Labute approximate surface area is 310 Å². The number of aryl methyl sites for hydroxylation is 1. The molecule has 14 heteroatoms. The first-order valence-electron chi connectivity index (χ1n) is 17.9. The normalized spacial score (nSPS) is 21.8. The largest absolute Gasteiger partial charge is 0.508 e. The second-order valence-corrected chi connectivity index (χ2v) is 14.8. The Hall–Kier alpha value is -4.64. The summed E-state index contributed by atoms with van der Waals surface area (Å²) in [6.45, 7) is 6.31. The van der Waals surface area contributed by atoms with Crippen LogP contribution in [-0.4, -0.2) is 96.8 Å². The number of ether oxygens (including phenoxy) is 1. The van der Waals surface area contributed by atoms with E-state index in [1.165, 1.54) is 36.4 Å². The van der Waals surface area contributed by atoms with Crippen LogP contribution in [0, 0.1) is 6.92 Å². The van der Waals surface area contributed by atoms with Crippen LogP contribution >= 0.6 is 0 Å². The fraction of sp³-hybridized carbons (Fsp3) is 0.400. The van der Waals surface area contributed by atoms with E-state index in [9.17, 15) is 40.5 Å². The van der Waals surface area contributed by atoms with Crippen molar-refractivity contribution in [2.24, 2.45) is 4.99 Å². The summed E-state index contributed by atoms with van der Waals surface area (Å²) in [5, 5.41) is 75.3. The molecule has 0 radical (unpaired) electrons. The number of phenolic OH excluding ortho intramolecular Hbond substituents is 2. The lowest BCUT2D eigenvalue weighted by molar-refractivity contribution is -0.776. The quantitative estimate of drug-likeness (QED) is 0.0771. The van der Waals surface area contributed by atoms with Gasteiger partial charge in [-0.2, -0.15) is 0 Å². The highest BCUT2D eigenvalue weighted by atomic mass is 17.2. The molecule has 3 aliphatic rings. The minimum Gasteiger partial charge on any atom is -0.508 e. The van der Waals surface area contributed by atoms with Gasteiger partial charge in [0.1, 0.15) is 77.4 Å². The molecular formula is C40H45N2O12+. The van der Waals surface area contributed by atoms with Crippen molar-refractivity contribution < 1.29 is 59.6 Å². The van der Waals surface area contributed by atoms with Gasteiger partial charge in [-0.1, -0.05) is 13.0 Å². The molecule has 0 saturated heterocycles. The lowest BCUT2D eigenvalue weighted by atomic mass is 9.84. The average molecular weight is 746 g/mol. The number of aliphatic hydroxyl groups is 5. The third kappa shape index (κ3) is 6.58. The number of phenols is 2. The van der Waals surface area contributed by atoms with Gasteiger partial charge in [0.25, 0.3) is 0 Å². The number of hydrogen-bond acceptors (Lipinski definition) is 13. The second kappa shape index (κ2) is 14.2. The molecule has 4 heterocycles. The van der Waals surface area contributed by atoms with Gasteiger partial charge in [0.2, 0.25) is 11.3 Å². The highest BCUT2D eigenvalue weighted by Gasteiger charge is 2.47. The second-order valence-electron chi connectivity index (χ2n) is 14.8. The number of nitrogens with one attached hydrogen (secondary N) is 1. The van der Waals surface area contributed by atoms with Gasteiger partial charge < -0.3 is 44.9 Å². The van der Waals surface area contributed by atoms with E-state index in [1.807, 2.05) is 19.9 Å². The molecule has 14 nitrogen and oxygen atoms in total. The van der Waals surface area contributed by atoms with Crippen molar-refractivity contribution in [2.45, 2.75) is 82.6 Å². The molecule has 3 aromatic carbocycles. The van der Waals surface area contributed by atoms with E-state index >= 15 is 0 Å². The van der Waals surface area contributed by atoms with Crippen LogP contribution in [0.3, 0.4) is 0 Å². The van der Waals surface area contributed by atoms with Gasteiger partial charge in [-0.25, -0.2) is 9.78 Å². The Balaban J connectivity index is 1.21. The number of aliphatic hydroxyl groups excluding tert-OH is 4. The van der Waals surface area contributed by atoms with E-state index < -0.39 is 55.3 Å². The summed E-state index contributed by atoms with van der Waals surface area (Å²) in [7, 11) is 0. The van der Waals surface area contributed by atoms with Crippen LogP contribution in [0.25, 0.3) is 21.7 Å². The fourth-order valence-corrected chi connectivity index (χ4v) is 7.73. The van der Waals surface area contributed by atoms with Gasteiger partial charge in [0, 0.05) is 42.5 Å². The number of nitrogens with zero attached hydrogens (tertiary/aromatic N) is 1. The molecule has 4 aromatic rings. The third-order valence-electron chi connectivity index (χ3n) is 10.7. The zero-order valence-corrected chi connectivity index (χ0v) is 30.4. The van der Waals surface area contributed by atoms with Crippen LogP contribution in [0.15, 0.2) is 80.2 Å². The molecule has 1 unspecified atom stereocenters. The Morgan fingerprint density at radius 3 is 2.59 bits per heavy atom. The van der Waals surface area contributed by atoms with Crippen LogP contribution < -0.4 is 15.1 Å². The zero-order valence-electron chi connectivity index (χ0n) is 30.4. The van der Waals surface area contributed by atoms with Crippen LogP contribution in [0.1, 0.15) is 44.1 Å². The van der Waals surface area contributed by atoms with Gasteiger partial charge in [0.05, 0.1) is 17.6 Å². The molecule has 0 spiro atoms. The van der Waals surface area contributed by atoms with Crippen molar-refractivity contribution in [3.05, 3.63) is 93.1 Å². The summed E-state index contributed by atoms with van der Waals surface area (Å²) in [4.78, 5) is 30.6. The van der Waals surface area contributed by atoms with Crippen molar-refractivity contribution in [3.8, 4) is 17.2 Å². The number of rotatable bonds is 12. The van der Waals surface area contributed by atoms with Crippen molar-refractivity contribution in [3.63, 3.8) is 0 Å². The number of fused-ring (bicyclic) bond motifs is 4. The standard InChI is InChI=1S/C40H44N2O12/c1-5-29-25-10-11-41-28(25)17-42(29)34-36-22(13-27-31(46)12-20(2)52-37(27)34)14-33(39(3,4)53-36)54-51-19-40(50,38(49)35(48)32(47)18-43)16-21-6-9-30(45)24-8-7-23(44)15-26(21)24/h6-13,15,32-33,35,38,43-45,47-50H,5,14,16-19H2,1-4H3/p+1/t32-,33-,35-,38+,40+/m1/s1. The van der Waals surface area contributed by atoms with Gasteiger partial charge in [-0.3, -0.25) is 14.7 Å². The Bertz CT molecular complexity index is 2280. The SMILES string of the molecule is CCC1=C2C=CN=C2C[NH+]1c1c2c(cc3c(=O)cc(C)oc13)C[C@@H](OOC[C@@](O)(Cc1ccc(O)c3ccc(O)cc13)[C@@H](O)[C@H](O)[C@H](O)CO)C(C)(C)O2. The predicted molar refractivity (Wildman–Crippen MR) is 197 cm³/mol. The molecular weight excluding hydrogens is 700 g/mol. The fourth-order valence-electron chi connectivity index (χ4n) is 7.73. The van der Waals surface area contributed by atoms with Gasteiger partial charge in [-0.15, -0.1) is 0 Å². The maximum atomic E-state index is 13.4. The van der Waals surface area contributed by atoms with Gasteiger partial charge in [0.15, 0.2) is 11.2 Å². The monoisotopic (exact) mass is 745 g/mol. The first kappa shape index (κ1) is 37.7. The summed E-state index contributed by atoms with van der Waals surface area (Å²) in [5.41, 5.74) is 1.60. The summed E-state index contributed by atoms with van der Waals surface area (Å²) in [6, 6.07) is 10.3. The Morgan fingerprint density at radius 2 is 1.85 bits per heavy atom. The predicted octanol–water partition coefficient (Wildman–Crippen LogP) is 1.91. The van der Waals surface area contributed by atoms with E-state index in [4.69, 9.17) is 18.9 Å². The number of aliphatic imine (C=N–C) groups is 1. The number of benzene rings is 3. The minimum atomic E-state index is -2.35. The first-order valence-corrected chi connectivity index (χ1v) is 17.9. The molecule has 6 atom stereocenters. The lowest BCUT2D eigenvalue weighted by Gasteiger charge is -2.40. The van der Waals surface area contributed by atoms with Crippen LogP contribution in [0.5, 0.6) is 17.2 Å². The summed E-state index contributed by atoms with van der Waals surface area (Å²) in [6.07, 6.45) is -2.39. The molecule has 0 aliphatic carbocycles. The van der Waals surface area contributed by atoms with E-state index in [-0.39, 0.29) is 23.3 Å². The molecule has 8 N–H and O–H groups in total. The lowest BCUT2D eigenvalue weighted by Crippen LogP contribution is -3.04. The van der Waals surface area contributed by atoms with Gasteiger partial charge in [-0.05, 0) is 68.1 Å². The molecule has 1 aromatic heterocycles. The maximum Gasteiger partial charge on any atom is 0.222 e.